The zero-order valence-corrected chi connectivity index (χ0v) is 13.2. The summed E-state index contributed by atoms with van der Waals surface area (Å²) in [5, 5.41) is 9.38. The second-order valence-corrected chi connectivity index (χ2v) is 7.27. The van der Waals surface area contributed by atoms with Gasteiger partial charge in [-0.3, -0.25) is 9.52 Å². The van der Waals surface area contributed by atoms with E-state index in [1.54, 1.807) is 6.92 Å². The van der Waals surface area contributed by atoms with Gasteiger partial charge in [0.25, 0.3) is 0 Å². The summed E-state index contributed by atoms with van der Waals surface area (Å²) in [4.78, 5) is 11.8. The van der Waals surface area contributed by atoms with Crippen LogP contribution < -0.4 is 4.72 Å². The quantitative estimate of drug-likeness (QED) is 0.809. The molecule has 0 saturated heterocycles. The van der Waals surface area contributed by atoms with Crippen LogP contribution in [0.25, 0.3) is 0 Å². The molecule has 0 saturated carbocycles. The van der Waals surface area contributed by atoms with E-state index in [-0.39, 0.29) is 18.6 Å². The number of sulfonamides is 1. The summed E-state index contributed by atoms with van der Waals surface area (Å²) < 4.78 is 30.6. The number of esters is 1. The Kier molecular flexibility index (Phi) is 5.53. The summed E-state index contributed by atoms with van der Waals surface area (Å²) in [7, 11) is -2.32. The molecule has 0 radical (unpaired) electrons. The van der Waals surface area contributed by atoms with Gasteiger partial charge in [-0.15, -0.1) is 11.3 Å². The second kappa shape index (κ2) is 6.72. The van der Waals surface area contributed by atoms with Gasteiger partial charge in [0.1, 0.15) is 11.1 Å². The maximum atomic E-state index is 11.9. The van der Waals surface area contributed by atoms with Crippen LogP contribution in [0.2, 0.25) is 0 Å². The van der Waals surface area contributed by atoms with Gasteiger partial charge in [0.05, 0.1) is 18.4 Å². The number of anilines is 1. The molecule has 6 nitrogen and oxygen atoms in total. The van der Waals surface area contributed by atoms with Crippen LogP contribution in [0.5, 0.6) is 0 Å². The Balaban J connectivity index is 2.75. The van der Waals surface area contributed by atoms with Crippen molar-refractivity contribution in [3.63, 3.8) is 0 Å². The van der Waals surface area contributed by atoms with Crippen molar-refractivity contribution in [2.45, 2.75) is 26.7 Å². The van der Waals surface area contributed by atoms with Gasteiger partial charge in [0.2, 0.25) is 10.0 Å². The standard InChI is InChI=1S/C12H16N2O4S2/c1-8-9(2)19-12(10(8)7-13)14-20(16,17)6-4-5-11(15)18-3/h14H,4-6H2,1-3H3. The first-order chi connectivity index (χ1) is 9.30. The van der Waals surface area contributed by atoms with E-state index in [0.717, 1.165) is 10.4 Å². The lowest BCUT2D eigenvalue weighted by molar-refractivity contribution is -0.140. The van der Waals surface area contributed by atoms with Crippen molar-refractivity contribution in [2.24, 2.45) is 0 Å². The predicted octanol–water partition coefficient (Wildman–Crippen LogP) is 1.93. The van der Waals surface area contributed by atoms with Gasteiger partial charge in [-0.05, 0) is 25.8 Å². The molecule has 0 spiro atoms. The molecule has 0 aliphatic carbocycles. The van der Waals surface area contributed by atoms with Gasteiger partial charge in [-0.2, -0.15) is 5.26 Å². The lowest BCUT2D eigenvalue weighted by Crippen LogP contribution is -2.17. The van der Waals surface area contributed by atoms with E-state index in [1.807, 2.05) is 13.0 Å². The molecule has 0 aliphatic heterocycles. The fourth-order valence-corrected chi connectivity index (χ4v) is 3.96. The van der Waals surface area contributed by atoms with Gasteiger partial charge < -0.3 is 4.74 Å². The van der Waals surface area contributed by atoms with Crippen molar-refractivity contribution >= 4 is 32.3 Å². The molecule has 0 aromatic carbocycles. The van der Waals surface area contributed by atoms with E-state index >= 15 is 0 Å². The van der Waals surface area contributed by atoms with E-state index < -0.39 is 16.0 Å². The Labute approximate surface area is 122 Å². The summed E-state index contributed by atoms with van der Waals surface area (Å²) in [6, 6.07) is 2.00. The lowest BCUT2D eigenvalue weighted by Gasteiger charge is -2.06. The number of thiophene rings is 1. The minimum absolute atomic E-state index is 0.0466. The monoisotopic (exact) mass is 316 g/mol. The maximum absolute atomic E-state index is 11.9. The minimum Gasteiger partial charge on any atom is -0.469 e. The molecule has 1 rings (SSSR count). The molecule has 1 heterocycles. The van der Waals surface area contributed by atoms with Crippen LogP contribution in [-0.4, -0.2) is 27.2 Å². The van der Waals surface area contributed by atoms with Crippen LogP contribution in [-0.2, 0) is 19.6 Å². The average Bonchev–Trinajstić information content (AvgIpc) is 2.63. The Morgan fingerprint density at radius 2 is 2.10 bits per heavy atom. The van der Waals surface area contributed by atoms with E-state index in [2.05, 4.69) is 9.46 Å². The van der Waals surface area contributed by atoms with Crippen molar-refractivity contribution in [3.8, 4) is 6.07 Å². The molecular weight excluding hydrogens is 300 g/mol. The van der Waals surface area contributed by atoms with Gasteiger partial charge in [0.15, 0.2) is 0 Å². The molecule has 0 aliphatic rings. The summed E-state index contributed by atoms with van der Waals surface area (Å²) in [5.41, 5.74) is 1.13. The highest BCUT2D eigenvalue weighted by Crippen LogP contribution is 2.32. The molecule has 110 valence electrons. The zero-order chi connectivity index (χ0) is 15.3. The largest absolute Gasteiger partial charge is 0.469 e. The topological polar surface area (TPSA) is 96.3 Å². The fourth-order valence-electron chi connectivity index (χ4n) is 1.53. The van der Waals surface area contributed by atoms with E-state index in [4.69, 9.17) is 5.26 Å². The Hall–Kier alpha value is -1.59. The van der Waals surface area contributed by atoms with Crippen LogP contribution >= 0.6 is 11.3 Å². The number of hydrogen-bond donors (Lipinski definition) is 1. The third-order valence-electron chi connectivity index (χ3n) is 2.77. The number of carbonyl (C=O) groups is 1. The third kappa shape index (κ3) is 4.21. The van der Waals surface area contributed by atoms with E-state index in [9.17, 15) is 13.2 Å². The van der Waals surface area contributed by atoms with Crippen molar-refractivity contribution in [1.82, 2.24) is 0 Å². The van der Waals surface area contributed by atoms with Crippen LogP contribution in [0, 0.1) is 25.2 Å². The Morgan fingerprint density at radius 3 is 2.65 bits per heavy atom. The van der Waals surface area contributed by atoms with Crippen LogP contribution in [0.15, 0.2) is 0 Å². The van der Waals surface area contributed by atoms with E-state index in [1.165, 1.54) is 18.4 Å². The number of nitrogens with one attached hydrogen (secondary N) is 1. The molecular formula is C12H16N2O4S2. The smallest absolute Gasteiger partial charge is 0.305 e. The van der Waals surface area contributed by atoms with Gasteiger partial charge in [0, 0.05) is 11.3 Å². The number of nitriles is 1. The zero-order valence-electron chi connectivity index (χ0n) is 11.5. The molecule has 1 N–H and O–H groups in total. The summed E-state index contributed by atoms with van der Waals surface area (Å²) in [6.07, 6.45) is 0.220. The predicted molar refractivity (Wildman–Crippen MR) is 77.2 cm³/mol. The summed E-state index contributed by atoms with van der Waals surface area (Å²) in [5.74, 6) is -0.635. The van der Waals surface area contributed by atoms with Crippen LogP contribution in [0.1, 0.15) is 28.8 Å². The number of nitrogens with zero attached hydrogens (tertiary/aromatic N) is 1. The molecule has 0 bridgehead atoms. The van der Waals surface area contributed by atoms with Crippen LogP contribution in [0.4, 0.5) is 5.00 Å². The SMILES string of the molecule is COC(=O)CCCS(=O)(=O)Nc1sc(C)c(C)c1C#N. The molecule has 0 unspecified atom stereocenters. The highest BCUT2D eigenvalue weighted by molar-refractivity contribution is 7.92. The van der Waals surface area contributed by atoms with E-state index in [0.29, 0.717) is 10.6 Å². The number of rotatable bonds is 6. The second-order valence-electron chi connectivity index (χ2n) is 4.20. The number of carbonyl (C=O) groups excluding carboxylic acids is 1. The number of hydrogen-bond acceptors (Lipinski definition) is 6. The Bertz CT molecular complexity index is 641. The molecule has 0 amide bonds. The highest BCUT2D eigenvalue weighted by Gasteiger charge is 2.18. The number of methoxy groups -OCH3 is 1. The first-order valence-corrected chi connectivity index (χ1v) is 8.35. The number of aryl methyl sites for hydroxylation is 1. The molecule has 0 fully saturated rings. The van der Waals surface area contributed by atoms with Gasteiger partial charge in [-0.1, -0.05) is 0 Å². The summed E-state index contributed by atoms with van der Waals surface area (Å²) >= 11 is 1.23. The van der Waals surface area contributed by atoms with Crippen molar-refractivity contribution < 1.29 is 17.9 Å². The molecule has 1 aromatic heterocycles. The fraction of sp³-hybridized carbons (Fsp3) is 0.500. The van der Waals surface area contributed by atoms with Crippen LogP contribution in [0.3, 0.4) is 0 Å². The van der Waals surface area contributed by atoms with Crippen molar-refractivity contribution in [2.75, 3.05) is 17.6 Å². The average molecular weight is 316 g/mol. The van der Waals surface area contributed by atoms with Gasteiger partial charge in [-0.25, -0.2) is 8.42 Å². The highest BCUT2D eigenvalue weighted by atomic mass is 32.2. The molecule has 8 heteroatoms. The lowest BCUT2D eigenvalue weighted by atomic mass is 10.2. The third-order valence-corrected chi connectivity index (χ3v) is 5.36. The van der Waals surface area contributed by atoms with Crippen molar-refractivity contribution in [3.05, 3.63) is 16.0 Å². The first-order valence-electron chi connectivity index (χ1n) is 5.88. The molecule has 20 heavy (non-hydrogen) atoms. The minimum atomic E-state index is -3.57. The van der Waals surface area contributed by atoms with Gasteiger partial charge >= 0.3 is 5.97 Å². The molecule has 0 atom stereocenters. The summed E-state index contributed by atoms with van der Waals surface area (Å²) in [6.45, 7) is 3.61. The molecule has 1 aromatic rings. The van der Waals surface area contributed by atoms with Crippen molar-refractivity contribution in [1.29, 1.82) is 5.26 Å². The number of ether oxygens (including phenoxy) is 1. The Morgan fingerprint density at radius 1 is 1.45 bits per heavy atom. The maximum Gasteiger partial charge on any atom is 0.305 e. The normalized spacial score (nSPS) is 10.9. The first kappa shape index (κ1) is 16.5.